The normalized spacial score (nSPS) is 12.4. The van der Waals surface area contributed by atoms with E-state index in [0.29, 0.717) is 16.1 Å². The molecule has 0 aliphatic carbocycles. The van der Waals surface area contributed by atoms with Gasteiger partial charge in [-0.05, 0) is 49.7 Å². The van der Waals surface area contributed by atoms with E-state index in [1.807, 2.05) is 18.2 Å². The molecule has 2 aromatic carbocycles. The van der Waals surface area contributed by atoms with Crippen molar-refractivity contribution in [1.29, 1.82) is 0 Å². The van der Waals surface area contributed by atoms with Crippen molar-refractivity contribution in [3.63, 3.8) is 0 Å². The fourth-order valence-corrected chi connectivity index (χ4v) is 3.51. The molecule has 0 spiro atoms. The maximum atomic E-state index is 6.09. The average Bonchev–Trinajstić information content (AvgIpc) is 2.49. The molecule has 2 rings (SSSR count). The lowest BCUT2D eigenvalue weighted by molar-refractivity contribution is 0.564. The van der Waals surface area contributed by atoms with Crippen LogP contribution in [0.5, 0.6) is 0 Å². The van der Waals surface area contributed by atoms with Gasteiger partial charge in [-0.2, -0.15) is 0 Å². The molecular weight excluding hydrogens is 321 g/mol. The molecule has 0 aliphatic rings. The second-order valence-electron chi connectivity index (χ2n) is 4.89. The fraction of sp³-hybridized carbons (Fsp3) is 0.294. The predicted molar refractivity (Wildman–Crippen MR) is 93.7 cm³/mol. The first-order valence-corrected chi connectivity index (χ1v) is 8.64. The molecule has 0 radical (unpaired) electrons. The van der Waals surface area contributed by atoms with Crippen LogP contribution in [0.1, 0.15) is 31.9 Å². The smallest absolute Gasteiger partial charge is 0.0603 e. The molecule has 0 aliphatic heterocycles. The number of hydrogen-bond donors (Lipinski definition) is 1. The Kier molecular flexibility index (Phi) is 6.43. The van der Waals surface area contributed by atoms with Crippen LogP contribution in [0, 0.1) is 0 Å². The van der Waals surface area contributed by atoms with Crippen molar-refractivity contribution >= 4 is 35.0 Å². The third kappa shape index (κ3) is 4.65. The van der Waals surface area contributed by atoms with Gasteiger partial charge in [0.1, 0.15) is 0 Å². The number of hydrogen-bond acceptors (Lipinski definition) is 2. The highest BCUT2D eigenvalue weighted by atomic mass is 35.5. The Balaban J connectivity index is 2.21. The van der Waals surface area contributed by atoms with Crippen LogP contribution >= 0.6 is 35.0 Å². The molecule has 0 saturated carbocycles. The van der Waals surface area contributed by atoms with Crippen LogP contribution in [0.3, 0.4) is 0 Å². The summed E-state index contributed by atoms with van der Waals surface area (Å²) in [7, 11) is 0. The Hall–Kier alpha value is -0.670. The molecule has 1 N–H and O–H groups in total. The standard InChI is InChI=1S/C17H19Cl2NS/c1-3-10-20-12(2)14-6-4-5-7-17(14)21-13-8-9-15(18)16(19)11-13/h4-9,11-12,20H,3,10H2,1-2H3. The van der Waals surface area contributed by atoms with Gasteiger partial charge in [0.15, 0.2) is 0 Å². The molecule has 0 aromatic heterocycles. The lowest BCUT2D eigenvalue weighted by atomic mass is 10.1. The Morgan fingerprint density at radius 1 is 1.10 bits per heavy atom. The zero-order chi connectivity index (χ0) is 15.2. The first-order valence-electron chi connectivity index (χ1n) is 7.07. The van der Waals surface area contributed by atoms with E-state index >= 15 is 0 Å². The van der Waals surface area contributed by atoms with E-state index in [1.165, 1.54) is 10.5 Å². The second-order valence-corrected chi connectivity index (χ2v) is 6.82. The molecular formula is C17H19Cl2NS. The van der Waals surface area contributed by atoms with Crippen molar-refractivity contribution < 1.29 is 0 Å². The highest BCUT2D eigenvalue weighted by molar-refractivity contribution is 7.99. The van der Waals surface area contributed by atoms with Crippen LogP contribution in [0.4, 0.5) is 0 Å². The fourth-order valence-electron chi connectivity index (χ4n) is 2.07. The van der Waals surface area contributed by atoms with Crippen molar-refractivity contribution in [3.05, 3.63) is 58.1 Å². The van der Waals surface area contributed by atoms with Gasteiger partial charge >= 0.3 is 0 Å². The number of benzene rings is 2. The van der Waals surface area contributed by atoms with Gasteiger partial charge in [0.25, 0.3) is 0 Å². The molecule has 112 valence electrons. The van der Waals surface area contributed by atoms with E-state index in [0.717, 1.165) is 17.9 Å². The average molecular weight is 340 g/mol. The molecule has 0 fully saturated rings. The minimum Gasteiger partial charge on any atom is -0.310 e. The molecule has 4 heteroatoms. The van der Waals surface area contributed by atoms with Gasteiger partial charge in [-0.25, -0.2) is 0 Å². The topological polar surface area (TPSA) is 12.0 Å². The maximum Gasteiger partial charge on any atom is 0.0603 e. The van der Waals surface area contributed by atoms with Gasteiger partial charge < -0.3 is 5.32 Å². The summed E-state index contributed by atoms with van der Waals surface area (Å²) >= 11 is 13.8. The van der Waals surface area contributed by atoms with Crippen molar-refractivity contribution in [2.75, 3.05) is 6.54 Å². The Morgan fingerprint density at radius 2 is 1.86 bits per heavy atom. The minimum atomic E-state index is 0.330. The summed E-state index contributed by atoms with van der Waals surface area (Å²) in [5.74, 6) is 0. The highest BCUT2D eigenvalue weighted by Crippen LogP contribution is 2.35. The lowest BCUT2D eigenvalue weighted by Crippen LogP contribution is -2.19. The number of halogens is 2. The summed E-state index contributed by atoms with van der Waals surface area (Å²) in [4.78, 5) is 2.34. The zero-order valence-electron chi connectivity index (χ0n) is 12.2. The van der Waals surface area contributed by atoms with Crippen LogP contribution in [0.2, 0.25) is 10.0 Å². The van der Waals surface area contributed by atoms with Gasteiger partial charge in [0, 0.05) is 15.8 Å². The van der Waals surface area contributed by atoms with Gasteiger partial charge in [-0.3, -0.25) is 0 Å². The Bertz CT molecular complexity index is 601. The molecule has 0 heterocycles. The summed E-state index contributed by atoms with van der Waals surface area (Å²) in [5, 5.41) is 4.72. The largest absolute Gasteiger partial charge is 0.310 e. The molecule has 21 heavy (non-hydrogen) atoms. The van der Waals surface area contributed by atoms with Crippen molar-refractivity contribution in [2.24, 2.45) is 0 Å². The summed E-state index contributed by atoms with van der Waals surface area (Å²) in [6.45, 7) is 5.40. The molecule has 0 saturated heterocycles. The van der Waals surface area contributed by atoms with Gasteiger partial charge in [-0.15, -0.1) is 0 Å². The van der Waals surface area contributed by atoms with E-state index in [4.69, 9.17) is 23.2 Å². The number of nitrogens with one attached hydrogen (secondary N) is 1. The molecule has 1 atom stereocenters. The minimum absolute atomic E-state index is 0.330. The lowest BCUT2D eigenvalue weighted by Gasteiger charge is -2.17. The van der Waals surface area contributed by atoms with Crippen molar-refractivity contribution in [1.82, 2.24) is 5.32 Å². The van der Waals surface area contributed by atoms with E-state index < -0.39 is 0 Å². The Labute approximate surface area is 141 Å². The second kappa shape index (κ2) is 8.09. The number of rotatable bonds is 6. The summed E-state index contributed by atoms with van der Waals surface area (Å²) in [5.41, 5.74) is 1.31. The van der Waals surface area contributed by atoms with Crippen molar-refractivity contribution in [2.45, 2.75) is 36.1 Å². The third-order valence-electron chi connectivity index (χ3n) is 3.20. The third-order valence-corrected chi connectivity index (χ3v) is 5.03. The quantitative estimate of drug-likeness (QED) is 0.671. The van der Waals surface area contributed by atoms with Crippen LogP contribution in [-0.4, -0.2) is 6.54 Å². The SMILES string of the molecule is CCCNC(C)c1ccccc1Sc1ccc(Cl)c(Cl)c1. The van der Waals surface area contributed by atoms with Gasteiger partial charge in [-0.1, -0.05) is 60.1 Å². The summed E-state index contributed by atoms with van der Waals surface area (Å²) in [6, 6.07) is 14.5. The first kappa shape index (κ1) is 16.7. The van der Waals surface area contributed by atoms with E-state index in [-0.39, 0.29) is 0 Å². The molecule has 1 nitrogen and oxygen atoms in total. The monoisotopic (exact) mass is 339 g/mol. The van der Waals surface area contributed by atoms with Crippen LogP contribution in [0.25, 0.3) is 0 Å². The Morgan fingerprint density at radius 3 is 2.57 bits per heavy atom. The van der Waals surface area contributed by atoms with E-state index in [1.54, 1.807) is 11.8 Å². The molecule has 1 unspecified atom stereocenters. The van der Waals surface area contributed by atoms with Crippen LogP contribution in [0.15, 0.2) is 52.3 Å². The molecule has 0 amide bonds. The first-order chi connectivity index (χ1) is 10.1. The van der Waals surface area contributed by atoms with E-state index in [9.17, 15) is 0 Å². The maximum absolute atomic E-state index is 6.09. The summed E-state index contributed by atoms with van der Waals surface area (Å²) < 4.78 is 0. The van der Waals surface area contributed by atoms with Crippen LogP contribution in [-0.2, 0) is 0 Å². The van der Waals surface area contributed by atoms with Gasteiger partial charge in [0.2, 0.25) is 0 Å². The van der Waals surface area contributed by atoms with Crippen LogP contribution < -0.4 is 5.32 Å². The molecule has 2 aromatic rings. The summed E-state index contributed by atoms with van der Waals surface area (Å²) in [6.07, 6.45) is 1.13. The highest BCUT2D eigenvalue weighted by Gasteiger charge is 2.11. The zero-order valence-corrected chi connectivity index (χ0v) is 14.5. The predicted octanol–water partition coefficient (Wildman–Crippen LogP) is 6.21. The van der Waals surface area contributed by atoms with E-state index in [2.05, 4.69) is 43.4 Å². The van der Waals surface area contributed by atoms with Crippen molar-refractivity contribution in [3.8, 4) is 0 Å². The van der Waals surface area contributed by atoms with Gasteiger partial charge in [0.05, 0.1) is 10.0 Å². The molecule has 0 bridgehead atoms.